The lowest BCUT2D eigenvalue weighted by Gasteiger charge is -2.25. The first-order valence-electron chi connectivity index (χ1n) is 10.7. The maximum atomic E-state index is 14.0. The molecule has 34 heavy (non-hydrogen) atoms. The zero-order valence-electron chi connectivity index (χ0n) is 18.0. The minimum absolute atomic E-state index is 0.113. The van der Waals surface area contributed by atoms with Gasteiger partial charge in [-0.2, -0.15) is 0 Å². The number of nitrogens with zero attached hydrogens (tertiary/aromatic N) is 2. The Morgan fingerprint density at radius 2 is 1.91 bits per heavy atom. The van der Waals surface area contributed by atoms with E-state index in [1.807, 2.05) is 23.6 Å². The maximum absolute atomic E-state index is 14.0. The Morgan fingerprint density at radius 3 is 2.71 bits per heavy atom. The van der Waals surface area contributed by atoms with Crippen LogP contribution in [-0.2, 0) is 17.8 Å². The van der Waals surface area contributed by atoms with Gasteiger partial charge < -0.3 is 18.8 Å². The molecule has 4 aromatic rings. The molecule has 0 bridgehead atoms. The molecule has 0 atom stereocenters. The van der Waals surface area contributed by atoms with Gasteiger partial charge in [0.05, 0.1) is 18.3 Å². The highest BCUT2D eigenvalue weighted by atomic mass is 32.1. The van der Waals surface area contributed by atoms with Gasteiger partial charge in [0.2, 0.25) is 5.91 Å². The van der Waals surface area contributed by atoms with E-state index in [9.17, 15) is 13.6 Å². The molecule has 2 aromatic carbocycles. The highest BCUT2D eigenvalue weighted by Crippen LogP contribution is 2.35. The van der Waals surface area contributed by atoms with E-state index in [2.05, 4.69) is 4.98 Å². The molecule has 0 aliphatic carbocycles. The van der Waals surface area contributed by atoms with Gasteiger partial charge in [0.1, 0.15) is 24.8 Å². The summed E-state index contributed by atoms with van der Waals surface area (Å²) in [5.74, 6) is 0.201. The molecule has 9 heteroatoms. The molecule has 0 fully saturated rings. The van der Waals surface area contributed by atoms with Crippen molar-refractivity contribution < 1.29 is 27.5 Å². The number of ether oxygens (including phenoxy) is 2. The molecule has 6 nitrogen and oxygen atoms in total. The number of aromatic nitrogens is 1. The minimum atomic E-state index is -0.737. The summed E-state index contributed by atoms with van der Waals surface area (Å²) in [6.07, 6.45) is 1.74. The number of hydrogen-bond donors (Lipinski definition) is 0. The fourth-order valence-corrected chi connectivity index (χ4v) is 4.36. The van der Waals surface area contributed by atoms with Crippen LogP contribution >= 0.6 is 11.3 Å². The summed E-state index contributed by atoms with van der Waals surface area (Å²) in [4.78, 5) is 20.2. The number of thiophene rings is 1. The first kappa shape index (κ1) is 22.1. The third-order valence-electron chi connectivity index (χ3n) is 5.34. The van der Waals surface area contributed by atoms with E-state index in [0.29, 0.717) is 42.8 Å². The normalized spacial score (nSPS) is 12.5. The Labute approximate surface area is 198 Å². The first-order valence-corrected chi connectivity index (χ1v) is 11.6. The number of oxazole rings is 1. The van der Waals surface area contributed by atoms with E-state index < -0.39 is 11.6 Å². The number of halogens is 2. The van der Waals surface area contributed by atoms with Crippen LogP contribution in [0.3, 0.4) is 0 Å². The van der Waals surface area contributed by atoms with Gasteiger partial charge in [-0.15, -0.1) is 11.3 Å². The van der Waals surface area contributed by atoms with Crippen molar-refractivity contribution in [1.29, 1.82) is 0 Å². The number of benzene rings is 2. The monoisotopic (exact) mass is 482 g/mol. The summed E-state index contributed by atoms with van der Waals surface area (Å²) in [6, 6.07) is 12.6. The van der Waals surface area contributed by atoms with E-state index in [1.54, 1.807) is 28.4 Å². The van der Waals surface area contributed by atoms with Gasteiger partial charge >= 0.3 is 0 Å². The van der Waals surface area contributed by atoms with Crippen molar-refractivity contribution in [3.05, 3.63) is 82.5 Å². The molecule has 0 saturated carbocycles. The van der Waals surface area contributed by atoms with Crippen LogP contribution in [0.2, 0.25) is 0 Å². The van der Waals surface area contributed by atoms with Crippen molar-refractivity contribution in [3.8, 4) is 22.8 Å². The minimum Gasteiger partial charge on any atom is -0.486 e. The van der Waals surface area contributed by atoms with Crippen molar-refractivity contribution in [2.75, 3.05) is 18.1 Å². The molecule has 1 aliphatic rings. The maximum Gasteiger partial charge on any atom is 0.227 e. The molecule has 3 heterocycles. The lowest BCUT2D eigenvalue weighted by atomic mass is 10.2. The predicted molar refractivity (Wildman–Crippen MR) is 123 cm³/mol. The molecule has 0 radical (unpaired) electrons. The average Bonchev–Trinajstić information content (AvgIpc) is 3.53. The summed E-state index contributed by atoms with van der Waals surface area (Å²) in [6.45, 7) is 1.36. The summed E-state index contributed by atoms with van der Waals surface area (Å²) in [5, 5.41) is 1.96. The largest absolute Gasteiger partial charge is 0.486 e. The molecule has 0 saturated heterocycles. The second-order valence-corrected chi connectivity index (χ2v) is 8.66. The highest BCUT2D eigenvalue weighted by Gasteiger charge is 2.21. The molecule has 0 unspecified atom stereocenters. The standard InChI is InChI=1S/C25H20F2N2O4S/c26-16-3-5-19(20(27)12-16)23-14-28-24(33-23)7-8-25(30)29(15-18-2-1-11-34-18)17-4-6-21-22(13-17)32-10-9-31-21/h1-6,11-14H,7-10,15H2. The molecule has 1 aliphatic heterocycles. The van der Waals surface area contributed by atoms with Gasteiger partial charge in [-0.1, -0.05) is 6.07 Å². The van der Waals surface area contributed by atoms with Crippen LogP contribution < -0.4 is 14.4 Å². The van der Waals surface area contributed by atoms with Gasteiger partial charge in [0.25, 0.3) is 0 Å². The smallest absolute Gasteiger partial charge is 0.227 e. The molecule has 2 aromatic heterocycles. The van der Waals surface area contributed by atoms with E-state index in [-0.39, 0.29) is 30.1 Å². The lowest BCUT2D eigenvalue weighted by Crippen LogP contribution is -2.30. The predicted octanol–water partition coefficient (Wildman–Crippen LogP) is 5.62. The summed E-state index contributed by atoms with van der Waals surface area (Å²) >= 11 is 1.57. The molecular formula is C25H20F2N2O4S. The number of fused-ring (bicyclic) bond motifs is 1. The van der Waals surface area contributed by atoms with E-state index in [4.69, 9.17) is 13.9 Å². The molecular weight excluding hydrogens is 462 g/mol. The highest BCUT2D eigenvalue weighted by molar-refractivity contribution is 7.09. The Morgan fingerprint density at radius 1 is 1.06 bits per heavy atom. The number of anilines is 1. The quantitative estimate of drug-likeness (QED) is 0.342. The van der Waals surface area contributed by atoms with E-state index >= 15 is 0 Å². The number of carbonyl (C=O) groups is 1. The molecule has 0 N–H and O–H groups in total. The fraction of sp³-hybridized carbons (Fsp3) is 0.200. The van der Waals surface area contributed by atoms with Gasteiger partial charge in [-0.25, -0.2) is 13.8 Å². The Hall–Kier alpha value is -3.72. The lowest BCUT2D eigenvalue weighted by molar-refractivity contribution is -0.118. The molecule has 5 rings (SSSR count). The van der Waals surface area contributed by atoms with Crippen LogP contribution in [0.1, 0.15) is 17.2 Å². The van der Waals surface area contributed by atoms with Gasteiger partial charge in [-0.05, 0) is 35.7 Å². The van der Waals surface area contributed by atoms with Crippen molar-refractivity contribution in [2.45, 2.75) is 19.4 Å². The summed E-state index contributed by atoms with van der Waals surface area (Å²) in [7, 11) is 0. The molecule has 174 valence electrons. The van der Waals surface area contributed by atoms with Crippen LogP contribution in [0.4, 0.5) is 14.5 Å². The van der Waals surface area contributed by atoms with Gasteiger partial charge in [0, 0.05) is 35.5 Å². The second-order valence-electron chi connectivity index (χ2n) is 7.63. The molecule has 0 spiro atoms. The van der Waals surface area contributed by atoms with Crippen molar-refractivity contribution in [3.63, 3.8) is 0 Å². The van der Waals surface area contributed by atoms with E-state index in [1.165, 1.54) is 12.3 Å². The number of aryl methyl sites for hydroxylation is 1. The Kier molecular flexibility index (Phi) is 6.27. The van der Waals surface area contributed by atoms with Crippen molar-refractivity contribution in [1.82, 2.24) is 4.98 Å². The van der Waals surface area contributed by atoms with Crippen LogP contribution in [0.15, 0.2) is 64.5 Å². The third-order valence-corrected chi connectivity index (χ3v) is 6.20. The third kappa shape index (κ3) is 4.79. The first-order chi connectivity index (χ1) is 16.6. The number of amides is 1. The van der Waals surface area contributed by atoms with Crippen molar-refractivity contribution >= 4 is 22.9 Å². The van der Waals surface area contributed by atoms with Crippen LogP contribution in [0, 0.1) is 11.6 Å². The van der Waals surface area contributed by atoms with E-state index in [0.717, 1.165) is 17.0 Å². The van der Waals surface area contributed by atoms with Crippen molar-refractivity contribution in [2.24, 2.45) is 0 Å². The van der Waals surface area contributed by atoms with Gasteiger partial charge in [0.15, 0.2) is 23.1 Å². The SMILES string of the molecule is O=C(CCc1ncc(-c2ccc(F)cc2F)o1)N(Cc1cccs1)c1ccc2c(c1)OCCO2. The fourth-order valence-electron chi connectivity index (χ4n) is 3.67. The van der Waals surface area contributed by atoms with Gasteiger partial charge in [-0.3, -0.25) is 4.79 Å². The topological polar surface area (TPSA) is 64.8 Å². The molecule has 1 amide bonds. The van der Waals surface area contributed by atoms with Crippen LogP contribution in [-0.4, -0.2) is 24.1 Å². The zero-order valence-corrected chi connectivity index (χ0v) is 18.8. The number of carbonyl (C=O) groups excluding carboxylic acids is 1. The Bertz CT molecular complexity index is 1310. The summed E-state index contributed by atoms with van der Waals surface area (Å²) < 4.78 is 44.1. The van der Waals surface area contributed by atoms with Crippen LogP contribution in [0.5, 0.6) is 11.5 Å². The second kappa shape index (κ2) is 9.64. The van der Waals surface area contributed by atoms with Crippen LogP contribution in [0.25, 0.3) is 11.3 Å². The summed E-state index contributed by atoms with van der Waals surface area (Å²) in [5.41, 5.74) is 0.811. The number of rotatable bonds is 7. The zero-order chi connectivity index (χ0) is 23.5. The number of hydrogen-bond acceptors (Lipinski definition) is 6. The Balaban J connectivity index is 1.33. The average molecular weight is 483 g/mol.